The van der Waals surface area contributed by atoms with Crippen molar-refractivity contribution in [3.8, 4) is 10.7 Å². The Balaban J connectivity index is 2.12. The zero-order valence-corrected chi connectivity index (χ0v) is 13.7. The standard InChI is InChI=1S/C17H17N3O2S/c1-10(2)14(17(21)22)19-15-11-6-3-4-7-12(11)18-16(20-15)13-8-5-9-23-13/h3-10,14H,1-2H3,(H,21,22)(H,18,19,20). The summed E-state index contributed by atoms with van der Waals surface area (Å²) in [6, 6.07) is 10.8. The maximum Gasteiger partial charge on any atom is 0.326 e. The Morgan fingerprint density at radius 3 is 2.61 bits per heavy atom. The van der Waals surface area contributed by atoms with Crippen molar-refractivity contribution in [2.75, 3.05) is 5.32 Å². The summed E-state index contributed by atoms with van der Waals surface area (Å²) in [5.41, 5.74) is 0.793. The molecule has 0 amide bonds. The Morgan fingerprint density at radius 2 is 1.96 bits per heavy atom. The molecule has 3 aromatic rings. The number of para-hydroxylation sites is 1. The first-order chi connectivity index (χ1) is 11.1. The summed E-state index contributed by atoms with van der Waals surface area (Å²) in [6.07, 6.45) is 0. The highest BCUT2D eigenvalue weighted by atomic mass is 32.1. The van der Waals surface area contributed by atoms with Crippen molar-refractivity contribution in [1.82, 2.24) is 9.97 Å². The van der Waals surface area contributed by atoms with Crippen LogP contribution in [0.4, 0.5) is 5.82 Å². The maximum absolute atomic E-state index is 11.5. The minimum atomic E-state index is -0.889. The Labute approximate surface area is 138 Å². The largest absolute Gasteiger partial charge is 0.480 e. The Morgan fingerprint density at radius 1 is 1.17 bits per heavy atom. The van der Waals surface area contributed by atoms with Gasteiger partial charge in [-0.1, -0.05) is 32.0 Å². The van der Waals surface area contributed by atoms with Crippen molar-refractivity contribution < 1.29 is 9.90 Å². The van der Waals surface area contributed by atoms with Crippen LogP contribution >= 0.6 is 11.3 Å². The second kappa shape index (κ2) is 6.34. The number of hydrogen-bond donors (Lipinski definition) is 2. The van der Waals surface area contributed by atoms with E-state index in [-0.39, 0.29) is 5.92 Å². The summed E-state index contributed by atoms with van der Waals surface area (Å²) in [6.45, 7) is 3.74. The quantitative estimate of drug-likeness (QED) is 0.744. The maximum atomic E-state index is 11.5. The van der Waals surface area contributed by atoms with E-state index in [1.165, 1.54) is 0 Å². The van der Waals surface area contributed by atoms with Gasteiger partial charge in [-0.3, -0.25) is 0 Å². The van der Waals surface area contributed by atoms with Gasteiger partial charge in [0, 0.05) is 5.39 Å². The number of carbonyl (C=O) groups is 1. The molecule has 3 rings (SSSR count). The van der Waals surface area contributed by atoms with Crippen LogP contribution in [0.25, 0.3) is 21.6 Å². The number of fused-ring (bicyclic) bond motifs is 1. The third-order valence-corrected chi connectivity index (χ3v) is 4.44. The summed E-state index contributed by atoms with van der Waals surface area (Å²) in [7, 11) is 0. The summed E-state index contributed by atoms with van der Waals surface area (Å²) >= 11 is 1.56. The molecule has 6 heteroatoms. The average Bonchev–Trinajstić information content (AvgIpc) is 3.06. The van der Waals surface area contributed by atoms with Crippen LogP contribution in [0.3, 0.4) is 0 Å². The molecule has 0 aliphatic heterocycles. The molecule has 23 heavy (non-hydrogen) atoms. The van der Waals surface area contributed by atoms with E-state index in [0.29, 0.717) is 11.6 Å². The van der Waals surface area contributed by atoms with Gasteiger partial charge in [0.15, 0.2) is 5.82 Å². The summed E-state index contributed by atoms with van der Waals surface area (Å²) in [4.78, 5) is 21.6. The van der Waals surface area contributed by atoms with Gasteiger partial charge in [-0.05, 0) is 29.5 Å². The summed E-state index contributed by atoms with van der Waals surface area (Å²) in [5.74, 6) is 0.209. The number of rotatable bonds is 5. The van der Waals surface area contributed by atoms with Gasteiger partial charge in [0.25, 0.3) is 0 Å². The Hall–Kier alpha value is -2.47. The molecule has 0 saturated heterocycles. The third kappa shape index (κ3) is 3.17. The number of carboxylic acid groups (broad SMARTS) is 1. The summed E-state index contributed by atoms with van der Waals surface area (Å²) < 4.78 is 0. The van der Waals surface area contributed by atoms with Gasteiger partial charge in [0.1, 0.15) is 11.9 Å². The minimum Gasteiger partial charge on any atom is -0.480 e. The van der Waals surface area contributed by atoms with Crippen LogP contribution in [0.15, 0.2) is 41.8 Å². The van der Waals surface area contributed by atoms with Crippen molar-refractivity contribution >= 4 is 34.0 Å². The van der Waals surface area contributed by atoms with Gasteiger partial charge >= 0.3 is 5.97 Å². The van der Waals surface area contributed by atoms with Crippen LogP contribution < -0.4 is 5.32 Å². The lowest BCUT2D eigenvalue weighted by Gasteiger charge is -2.19. The second-order valence-corrected chi connectivity index (χ2v) is 6.54. The van der Waals surface area contributed by atoms with Crippen molar-refractivity contribution in [2.24, 2.45) is 5.92 Å². The molecule has 2 N–H and O–H groups in total. The van der Waals surface area contributed by atoms with E-state index in [9.17, 15) is 9.90 Å². The van der Waals surface area contributed by atoms with E-state index in [2.05, 4.69) is 15.3 Å². The molecule has 2 heterocycles. The molecular weight excluding hydrogens is 310 g/mol. The van der Waals surface area contributed by atoms with E-state index in [4.69, 9.17) is 0 Å². The fraction of sp³-hybridized carbons (Fsp3) is 0.235. The average molecular weight is 327 g/mol. The number of aromatic nitrogens is 2. The van der Waals surface area contributed by atoms with E-state index in [0.717, 1.165) is 15.8 Å². The van der Waals surface area contributed by atoms with Crippen LogP contribution in [0, 0.1) is 5.92 Å². The van der Waals surface area contributed by atoms with Crippen molar-refractivity contribution in [1.29, 1.82) is 0 Å². The number of carboxylic acids is 1. The predicted molar refractivity (Wildman–Crippen MR) is 92.7 cm³/mol. The van der Waals surface area contributed by atoms with Gasteiger partial charge < -0.3 is 10.4 Å². The van der Waals surface area contributed by atoms with Gasteiger partial charge in [-0.15, -0.1) is 11.3 Å². The molecule has 0 radical (unpaired) electrons. The molecule has 5 nitrogen and oxygen atoms in total. The minimum absolute atomic E-state index is 0.0635. The van der Waals surface area contributed by atoms with E-state index >= 15 is 0 Å². The van der Waals surface area contributed by atoms with Gasteiger partial charge in [0.2, 0.25) is 0 Å². The first-order valence-corrected chi connectivity index (χ1v) is 8.24. The molecule has 0 saturated carbocycles. The van der Waals surface area contributed by atoms with Crippen LogP contribution in [0.5, 0.6) is 0 Å². The topological polar surface area (TPSA) is 75.1 Å². The fourth-order valence-electron chi connectivity index (χ4n) is 2.36. The Kier molecular flexibility index (Phi) is 4.25. The number of nitrogens with one attached hydrogen (secondary N) is 1. The lowest BCUT2D eigenvalue weighted by Crippen LogP contribution is -2.34. The van der Waals surface area contributed by atoms with Crippen LogP contribution in [0.2, 0.25) is 0 Å². The van der Waals surface area contributed by atoms with Crippen LogP contribution in [0.1, 0.15) is 13.8 Å². The lowest BCUT2D eigenvalue weighted by molar-refractivity contribution is -0.138. The first kappa shape index (κ1) is 15.4. The highest BCUT2D eigenvalue weighted by molar-refractivity contribution is 7.13. The van der Waals surface area contributed by atoms with Gasteiger partial charge in [-0.25, -0.2) is 14.8 Å². The van der Waals surface area contributed by atoms with E-state index in [1.54, 1.807) is 11.3 Å². The molecule has 0 fully saturated rings. The second-order valence-electron chi connectivity index (χ2n) is 5.59. The number of aliphatic carboxylic acids is 1. The van der Waals surface area contributed by atoms with Crippen molar-refractivity contribution in [3.63, 3.8) is 0 Å². The normalized spacial score (nSPS) is 12.5. The number of nitrogens with zero attached hydrogens (tertiary/aromatic N) is 2. The number of anilines is 1. The Bertz CT molecular complexity index is 831. The van der Waals surface area contributed by atoms with Crippen molar-refractivity contribution in [2.45, 2.75) is 19.9 Å². The van der Waals surface area contributed by atoms with Crippen LogP contribution in [-0.4, -0.2) is 27.1 Å². The molecule has 0 bridgehead atoms. The summed E-state index contributed by atoms with van der Waals surface area (Å²) in [5, 5.41) is 15.3. The predicted octanol–water partition coefficient (Wildman–Crippen LogP) is 3.88. The third-order valence-electron chi connectivity index (χ3n) is 3.57. The molecule has 0 spiro atoms. The number of benzene rings is 1. The molecule has 118 valence electrons. The molecule has 2 aromatic heterocycles. The highest BCUT2D eigenvalue weighted by Crippen LogP contribution is 2.28. The smallest absolute Gasteiger partial charge is 0.326 e. The molecule has 1 aromatic carbocycles. The molecule has 0 aliphatic rings. The number of thiophene rings is 1. The zero-order valence-electron chi connectivity index (χ0n) is 12.9. The van der Waals surface area contributed by atoms with Crippen molar-refractivity contribution in [3.05, 3.63) is 41.8 Å². The lowest BCUT2D eigenvalue weighted by atomic mass is 10.0. The molecular formula is C17H17N3O2S. The fourth-order valence-corrected chi connectivity index (χ4v) is 3.02. The first-order valence-electron chi connectivity index (χ1n) is 7.36. The van der Waals surface area contributed by atoms with Crippen LogP contribution in [-0.2, 0) is 4.79 Å². The molecule has 0 aliphatic carbocycles. The molecule has 1 atom stereocenters. The van der Waals surface area contributed by atoms with E-state index in [1.807, 2.05) is 55.6 Å². The molecule has 1 unspecified atom stereocenters. The van der Waals surface area contributed by atoms with Gasteiger partial charge in [0.05, 0.1) is 10.4 Å². The highest BCUT2D eigenvalue weighted by Gasteiger charge is 2.23. The SMILES string of the molecule is CC(C)C(Nc1nc(-c2cccs2)nc2ccccc12)C(=O)O. The zero-order chi connectivity index (χ0) is 16.4. The number of hydrogen-bond acceptors (Lipinski definition) is 5. The van der Waals surface area contributed by atoms with Gasteiger partial charge in [-0.2, -0.15) is 0 Å². The van der Waals surface area contributed by atoms with E-state index < -0.39 is 12.0 Å². The monoisotopic (exact) mass is 327 g/mol.